The van der Waals surface area contributed by atoms with E-state index in [1.807, 2.05) is 67.6 Å². The molecule has 2 atom stereocenters. The average Bonchev–Trinajstić information content (AvgIpc) is 3.24. The zero-order chi connectivity index (χ0) is 25.0. The number of primary sulfonamides is 1. The van der Waals surface area contributed by atoms with Crippen LogP contribution in [0.5, 0.6) is 0 Å². The van der Waals surface area contributed by atoms with Crippen molar-refractivity contribution in [3.05, 3.63) is 107 Å². The van der Waals surface area contributed by atoms with Crippen molar-refractivity contribution in [3.63, 3.8) is 0 Å². The molecule has 10 heteroatoms. The molecule has 4 rings (SSSR count). The van der Waals surface area contributed by atoms with E-state index in [1.165, 1.54) is 16.8 Å². The van der Waals surface area contributed by atoms with Crippen molar-refractivity contribution in [1.82, 2.24) is 20.1 Å². The van der Waals surface area contributed by atoms with Crippen LogP contribution in [-0.2, 0) is 23.0 Å². The van der Waals surface area contributed by atoms with Crippen LogP contribution in [0, 0.1) is 5.82 Å². The summed E-state index contributed by atoms with van der Waals surface area (Å²) in [4.78, 5) is 4.27. The Morgan fingerprint density at radius 1 is 1.06 bits per heavy atom. The second-order valence-electron chi connectivity index (χ2n) is 8.20. The molecule has 0 saturated heterocycles. The topological polar surface area (TPSA) is 123 Å². The minimum Gasteiger partial charge on any atom is -0.387 e. The molecule has 0 fully saturated rings. The lowest BCUT2D eigenvalue weighted by Crippen LogP contribution is -2.32. The average molecular weight is 496 g/mol. The number of hydrogen-bond acceptors (Lipinski definition) is 6. The van der Waals surface area contributed by atoms with Gasteiger partial charge in [-0.15, -0.1) is 5.10 Å². The maximum absolute atomic E-state index is 14.9. The molecule has 0 saturated carbocycles. The first-order valence-electron chi connectivity index (χ1n) is 11.0. The molecule has 0 radical (unpaired) electrons. The van der Waals surface area contributed by atoms with Crippen molar-refractivity contribution in [1.29, 1.82) is 0 Å². The van der Waals surface area contributed by atoms with E-state index in [-0.39, 0.29) is 23.2 Å². The van der Waals surface area contributed by atoms with E-state index < -0.39 is 21.9 Å². The SMILES string of the molecule is C[C@@H](NCc1nc(Cc2ccccc2)n(-c2ccc(S(N)(=O)=O)cc2F)n1)[C@@H](O)c1ccccc1. The molecule has 3 aromatic carbocycles. The van der Waals surface area contributed by atoms with Gasteiger partial charge in [-0.25, -0.2) is 27.6 Å². The minimum absolute atomic E-state index is 0.0550. The highest BCUT2D eigenvalue weighted by atomic mass is 32.2. The second kappa shape index (κ2) is 10.4. The van der Waals surface area contributed by atoms with Crippen LogP contribution in [-0.4, -0.2) is 34.3 Å². The Bertz CT molecular complexity index is 1400. The van der Waals surface area contributed by atoms with Gasteiger partial charge in [0.1, 0.15) is 17.3 Å². The third kappa shape index (κ3) is 5.98. The van der Waals surface area contributed by atoms with Gasteiger partial charge in [-0.3, -0.25) is 0 Å². The first kappa shape index (κ1) is 24.7. The van der Waals surface area contributed by atoms with Gasteiger partial charge >= 0.3 is 0 Å². The minimum atomic E-state index is -4.05. The predicted octanol–water partition coefficient (Wildman–Crippen LogP) is 2.86. The quantitative estimate of drug-likeness (QED) is 0.328. The van der Waals surface area contributed by atoms with Gasteiger partial charge in [-0.2, -0.15) is 0 Å². The third-order valence-corrected chi connectivity index (χ3v) is 6.51. The van der Waals surface area contributed by atoms with Crippen LogP contribution >= 0.6 is 0 Å². The number of rotatable bonds is 9. The van der Waals surface area contributed by atoms with E-state index in [0.717, 1.165) is 17.2 Å². The maximum Gasteiger partial charge on any atom is 0.238 e. The van der Waals surface area contributed by atoms with E-state index in [0.29, 0.717) is 18.1 Å². The Kier molecular flexibility index (Phi) is 7.37. The van der Waals surface area contributed by atoms with Crippen molar-refractivity contribution in [3.8, 4) is 5.69 Å². The number of hydrogen-bond donors (Lipinski definition) is 3. The number of nitrogens with zero attached hydrogens (tertiary/aromatic N) is 3. The predicted molar refractivity (Wildman–Crippen MR) is 130 cm³/mol. The zero-order valence-corrected chi connectivity index (χ0v) is 19.9. The summed E-state index contributed by atoms with van der Waals surface area (Å²) in [6.45, 7) is 2.09. The van der Waals surface area contributed by atoms with Crippen molar-refractivity contribution in [2.75, 3.05) is 0 Å². The molecule has 0 spiro atoms. The molecule has 0 amide bonds. The van der Waals surface area contributed by atoms with Crippen LogP contribution in [0.1, 0.15) is 35.8 Å². The molecule has 4 N–H and O–H groups in total. The molecule has 1 aromatic heterocycles. The van der Waals surface area contributed by atoms with Gasteiger partial charge in [-0.05, 0) is 36.2 Å². The number of nitrogens with two attached hydrogens (primary N) is 1. The molecular weight excluding hydrogens is 469 g/mol. The van der Waals surface area contributed by atoms with Crippen molar-refractivity contribution in [2.45, 2.75) is 36.9 Å². The summed E-state index contributed by atoms with van der Waals surface area (Å²) in [6, 6.07) is 22.0. The van der Waals surface area contributed by atoms with Gasteiger partial charge in [0.05, 0.1) is 17.5 Å². The van der Waals surface area contributed by atoms with Gasteiger partial charge in [-0.1, -0.05) is 60.7 Å². The molecule has 0 bridgehead atoms. The van der Waals surface area contributed by atoms with Crippen molar-refractivity contribution >= 4 is 10.0 Å². The number of aromatic nitrogens is 3. The molecule has 0 aliphatic rings. The zero-order valence-electron chi connectivity index (χ0n) is 19.0. The van der Waals surface area contributed by atoms with Crippen LogP contribution in [0.3, 0.4) is 0 Å². The Balaban J connectivity index is 1.61. The largest absolute Gasteiger partial charge is 0.387 e. The van der Waals surface area contributed by atoms with E-state index in [1.54, 1.807) is 0 Å². The molecule has 0 aliphatic heterocycles. The summed E-state index contributed by atoms with van der Waals surface area (Å²) in [6.07, 6.45) is -0.350. The summed E-state index contributed by atoms with van der Waals surface area (Å²) in [5.74, 6) is 0.0904. The molecule has 35 heavy (non-hydrogen) atoms. The normalized spacial score (nSPS) is 13.5. The van der Waals surface area contributed by atoms with Gasteiger partial charge in [0.25, 0.3) is 0 Å². The number of benzene rings is 3. The molecule has 4 aromatic rings. The summed E-state index contributed by atoms with van der Waals surface area (Å²) >= 11 is 0. The van der Waals surface area contributed by atoms with Gasteiger partial charge in [0.2, 0.25) is 10.0 Å². The third-order valence-electron chi connectivity index (χ3n) is 5.60. The first-order valence-corrected chi connectivity index (χ1v) is 12.5. The Morgan fingerprint density at radius 3 is 2.34 bits per heavy atom. The fourth-order valence-corrected chi connectivity index (χ4v) is 4.22. The lowest BCUT2D eigenvalue weighted by molar-refractivity contribution is 0.135. The molecule has 0 unspecified atom stereocenters. The van der Waals surface area contributed by atoms with E-state index in [4.69, 9.17) is 5.14 Å². The van der Waals surface area contributed by atoms with Crippen LogP contribution in [0.15, 0.2) is 83.8 Å². The molecule has 8 nitrogen and oxygen atoms in total. The first-order chi connectivity index (χ1) is 16.7. The number of sulfonamides is 1. The van der Waals surface area contributed by atoms with Crippen molar-refractivity contribution < 1.29 is 17.9 Å². The van der Waals surface area contributed by atoms with E-state index in [2.05, 4.69) is 15.4 Å². The van der Waals surface area contributed by atoms with E-state index in [9.17, 15) is 17.9 Å². The van der Waals surface area contributed by atoms with Gasteiger partial charge in [0.15, 0.2) is 5.82 Å². The summed E-state index contributed by atoms with van der Waals surface area (Å²) in [7, 11) is -4.05. The van der Waals surface area contributed by atoms with Crippen LogP contribution in [0.2, 0.25) is 0 Å². The smallest absolute Gasteiger partial charge is 0.238 e. The highest BCUT2D eigenvalue weighted by Crippen LogP contribution is 2.21. The number of aliphatic hydroxyl groups is 1. The van der Waals surface area contributed by atoms with Gasteiger partial charge in [0, 0.05) is 12.5 Å². The van der Waals surface area contributed by atoms with Crippen LogP contribution in [0.25, 0.3) is 5.69 Å². The summed E-state index contributed by atoms with van der Waals surface area (Å²) in [5.41, 5.74) is 1.79. The summed E-state index contributed by atoms with van der Waals surface area (Å²) < 4.78 is 39.5. The highest BCUT2D eigenvalue weighted by Gasteiger charge is 2.20. The maximum atomic E-state index is 14.9. The van der Waals surface area contributed by atoms with Crippen molar-refractivity contribution in [2.24, 2.45) is 5.14 Å². The molecule has 0 aliphatic carbocycles. The standard InChI is InChI=1S/C25H26FN5O3S/c1-17(25(32)19-10-6-3-7-11-19)28-16-23-29-24(14-18-8-4-2-5-9-18)31(30-23)22-13-12-20(15-21(22)26)35(27,33)34/h2-13,15,17,25,28,32H,14,16H2,1H3,(H2,27,33,34)/t17-,25-/m1/s1. The number of nitrogens with one attached hydrogen (secondary N) is 1. The Labute approximate surface area is 203 Å². The Morgan fingerprint density at radius 2 is 1.71 bits per heavy atom. The van der Waals surface area contributed by atoms with Crippen LogP contribution < -0.4 is 10.5 Å². The number of halogens is 1. The lowest BCUT2D eigenvalue weighted by atomic mass is 10.0. The van der Waals surface area contributed by atoms with Crippen LogP contribution in [0.4, 0.5) is 4.39 Å². The lowest BCUT2D eigenvalue weighted by Gasteiger charge is -2.19. The highest BCUT2D eigenvalue weighted by molar-refractivity contribution is 7.89. The number of aliphatic hydroxyl groups excluding tert-OH is 1. The fourth-order valence-electron chi connectivity index (χ4n) is 3.69. The molecular formula is C25H26FN5O3S. The van der Waals surface area contributed by atoms with E-state index >= 15 is 0 Å². The van der Waals surface area contributed by atoms with Gasteiger partial charge < -0.3 is 10.4 Å². The molecule has 182 valence electrons. The Hall–Kier alpha value is -3.44. The second-order valence-corrected chi connectivity index (χ2v) is 9.76. The summed E-state index contributed by atoms with van der Waals surface area (Å²) in [5, 5.41) is 23.4. The monoisotopic (exact) mass is 495 g/mol. The fraction of sp³-hybridized carbons (Fsp3) is 0.200. The molecule has 1 heterocycles.